The molecule has 4 N–H and O–H groups in total. The fourth-order valence-corrected chi connectivity index (χ4v) is 1.31. The quantitative estimate of drug-likeness (QED) is 0.400. The number of carbonyl (C=O) groups excluding carboxylic acids is 1. The molecular formula is C9H22N4O3. The highest BCUT2D eigenvalue weighted by Gasteiger charge is 2.03. The number of hydrogen-bond donors (Lipinski definition) is 4. The first-order chi connectivity index (χ1) is 7.79. The second-order valence-corrected chi connectivity index (χ2v) is 3.41. The van der Waals surface area contributed by atoms with Gasteiger partial charge < -0.3 is 25.8 Å². The molecule has 16 heavy (non-hydrogen) atoms. The van der Waals surface area contributed by atoms with Gasteiger partial charge in [-0.2, -0.15) is 10.1 Å². The number of piperazine rings is 2. The standard InChI is InChI=1S/2C4H10N2O.CH2O/c2*7-6-3-1-5-2-4-6;1-2/h2*5,7H,1-4H2;1H2. The highest BCUT2D eigenvalue weighted by molar-refractivity contribution is 5.10. The molecule has 0 aromatic rings. The molecule has 2 rings (SSSR count). The summed E-state index contributed by atoms with van der Waals surface area (Å²) in [4.78, 5) is 8.00. The molecule has 2 saturated heterocycles. The Morgan fingerprint density at radius 1 is 0.750 bits per heavy atom. The van der Waals surface area contributed by atoms with Crippen molar-refractivity contribution < 1.29 is 15.2 Å². The summed E-state index contributed by atoms with van der Waals surface area (Å²) >= 11 is 0. The molecule has 0 spiro atoms. The van der Waals surface area contributed by atoms with Gasteiger partial charge in [-0.15, -0.1) is 0 Å². The van der Waals surface area contributed by atoms with Crippen molar-refractivity contribution in [2.75, 3.05) is 52.4 Å². The molecule has 2 fully saturated rings. The monoisotopic (exact) mass is 234 g/mol. The van der Waals surface area contributed by atoms with E-state index in [9.17, 15) is 0 Å². The van der Waals surface area contributed by atoms with E-state index >= 15 is 0 Å². The van der Waals surface area contributed by atoms with Crippen molar-refractivity contribution in [1.29, 1.82) is 0 Å². The van der Waals surface area contributed by atoms with Gasteiger partial charge in [0.25, 0.3) is 0 Å². The first-order valence-corrected chi connectivity index (χ1v) is 5.37. The van der Waals surface area contributed by atoms with Crippen molar-refractivity contribution in [3.63, 3.8) is 0 Å². The third kappa shape index (κ3) is 8.72. The molecule has 0 bridgehead atoms. The van der Waals surface area contributed by atoms with Gasteiger partial charge in [0.15, 0.2) is 0 Å². The Morgan fingerprint density at radius 2 is 1.00 bits per heavy atom. The van der Waals surface area contributed by atoms with E-state index < -0.39 is 0 Å². The Bertz CT molecular complexity index is 134. The SMILES string of the molecule is C=O.ON1CCNCC1.ON1CCNCC1. The minimum atomic E-state index is 0.764. The summed E-state index contributed by atoms with van der Waals surface area (Å²) in [5.74, 6) is 0. The molecule has 0 aromatic heterocycles. The third-order valence-corrected chi connectivity index (χ3v) is 2.19. The zero-order chi connectivity index (χ0) is 12.2. The van der Waals surface area contributed by atoms with Crippen LogP contribution < -0.4 is 10.6 Å². The number of hydroxylamine groups is 4. The van der Waals surface area contributed by atoms with Gasteiger partial charge in [-0.25, -0.2) is 0 Å². The van der Waals surface area contributed by atoms with Gasteiger partial charge in [0.2, 0.25) is 0 Å². The van der Waals surface area contributed by atoms with E-state index in [0.717, 1.165) is 52.4 Å². The smallest absolute Gasteiger partial charge is 0.106 e. The van der Waals surface area contributed by atoms with E-state index in [1.165, 1.54) is 10.1 Å². The van der Waals surface area contributed by atoms with Crippen LogP contribution in [0.4, 0.5) is 0 Å². The zero-order valence-corrected chi connectivity index (χ0v) is 9.56. The lowest BCUT2D eigenvalue weighted by Crippen LogP contribution is -2.41. The van der Waals surface area contributed by atoms with Gasteiger partial charge in [0, 0.05) is 52.4 Å². The fourth-order valence-electron chi connectivity index (χ4n) is 1.31. The van der Waals surface area contributed by atoms with Crippen LogP contribution in [0, 0.1) is 0 Å². The third-order valence-electron chi connectivity index (χ3n) is 2.19. The Morgan fingerprint density at radius 3 is 1.12 bits per heavy atom. The van der Waals surface area contributed by atoms with E-state index in [1.54, 1.807) is 0 Å². The van der Waals surface area contributed by atoms with Crippen LogP contribution in [0.3, 0.4) is 0 Å². The highest BCUT2D eigenvalue weighted by Crippen LogP contribution is 1.83. The molecule has 0 aliphatic carbocycles. The molecule has 0 saturated carbocycles. The van der Waals surface area contributed by atoms with Crippen molar-refractivity contribution in [3.8, 4) is 0 Å². The topological polar surface area (TPSA) is 88.1 Å². The number of carbonyl (C=O) groups is 1. The average Bonchev–Trinajstić information content (AvgIpc) is 2.34. The van der Waals surface area contributed by atoms with E-state index in [-0.39, 0.29) is 0 Å². The molecule has 7 heteroatoms. The summed E-state index contributed by atoms with van der Waals surface area (Å²) in [7, 11) is 0. The maximum absolute atomic E-state index is 8.70. The maximum Gasteiger partial charge on any atom is 0.106 e. The average molecular weight is 234 g/mol. The van der Waals surface area contributed by atoms with Crippen molar-refractivity contribution in [2.24, 2.45) is 0 Å². The second kappa shape index (κ2) is 10.9. The molecule has 0 amide bonds. The zero-order valence-electron chi connectivity index (χ0n) is 9.56. The minimum absolute atomic E-state index is 0.764. The van der Waals surface area contributed by atoms with Crippen molar-refractivity contribution >= 4 is 6.79 Å². The lowest BCUT2D eigenvalue weighted by molar-refractivity contribution is -0.0983. The summed E-state index contributed by atoms with van der Waals surface area (Å²) in [5.41, 5.74) is 0. The maximum atomic E-state index is 8.70. The minimum Gasteiger partial charge on any atom is -0.314 e. The molecule has 2 heterocycles. The molecule has 0 aromatic carbocycles. The summed E-state index contributed by atoms with van der Waals surface area (Å²) < 4.78 is 0. The van der Waals surface area contributed by atoms with Crippen molar-refractivity contribution in [1.82, 2.24) is 20.8 Å². The molecule has 7 nitrogen and oxygen atoms in total. The molecule has 2 aliphatic rings. The predicted octanol–water partition coefficient (Wildman–Crippen LogP) is -1.62. The van der Waals surface area contributed by atoms with Gasteiger partial charge in [-0.3, -0.25) is 0 Å². The first kappa shape index (κ1) is 15.4. The Hall–Kier alpha value is -0.570. The summed E-state index contributed by atoms with van der Waals surface area (Å²) in [6.45, 7) is 8.71. The summed E-state index contributed by atoms with van der Waals surface area (Å²) in [6, 6.07) is 0. The number of nitrogens with zero attached hydrogens (tertiary/aromatic N) is 2. The molecule has 0 radical (unpaired) electrons. The fraction of sp³-hybridized carbons (Fsp3) is 0.889. The lowest BCUT2D eigenvalue weighted by Gasteiger charge is -2.19. The van der Waals surface area contributed by atoms with Gasteiger partial charge in [0.05, 0.1) is 0 Å². The van der Waals surface area contributed by atoms with Gasteiger partial charge in [-0.05, 0) is 0 Å². The summed E-state index contributed by atoms with van der Waals surface area (Å²) in [5, 5.41) is 26.3. The van der Waals surface area contributed by atoms with E-state index in [2.05, 4.69) is 10.6 Å². The highest BCUT2D eigenvalue weighted by atomic mass is 16.5. The molecule has 0 unspecified atom stereocenters. The number of rotatable bonds is 0. The molecular weight excluding hydrogens is 212 g/mol. The van der Waals surface area contributed by atoms with Gasteiger partial charge in [-0.1, -0.05) is 0 Å². The van der Waals surface area contributed by atoms with Crippen LogP contribution in [-0.4, -0.2) is 79.7 Å². The first-order valence-electron chi connectivity index (χ1n) is 5.37. The molecule has 0 atom stereocenters. The van der Waals surface area contributed by atoms with Crippen LogP contribution in [0.15, 0.2) is 0 Å². The van der Waals surface area contributed by atoms with Crippen LogP contribution in [-0.2, 0) is 4.79 Å². The van der Waals surface area contributed by atoms with E-state index in [1.807, 2.05) is 6.79 Å². The Kier molecular flexibility index (Phi) is 10.5. The number of nitrogens with one attached hydrogen (secondary N) is 2. The largest absolute Gasteiger partial charge is 0.314 e. The van der Waals surface area contributed by atoms with Crippen molar-refractivity contribution in [3.05, 3.63) is 0 Å². The van der Waals surface area contributed by atoms with Crippen LogP contribution in [0.2, 0.25) is 0 Å². The molecule has 2 aliphatic heterocycles. The normalized spacial score (nSPS) is 22.4. The molecule has 96 valence electrons. The Labute approximate surface area is 95.9 Å². The van der Waals surface area contributed by atoms with Crippen LogP contribution in [0.25, 0.3) is 0 Å². The second-order valence-electron chi connectivity index (χ2n) is 3.41. The van der Waals surface area contributed by atoms with E-state index in [0.29, 0.717) is 0 Å². The lowest BCUT2D eigenvalue weighted by atomic mass is 10.4. The van der Waals surface area contributed by atoms with Gasteiger partial charge in [0.1, 0.15) is 6.79 Å². The van der Waals surface area contributed by atoms with Crippen LogP contribution in [0.5, 0.6) is 0 Å². The van der Waals surface area contributed by atoms with E-state index in [4.69, 9.17) is 15.2 Å². The van der Waals surface area contributed by atoms with Crippen LogP contribution >= 0.6 is 0 Å². The van der Waals surface area contributed by atoms with Crippen LogP contribution in [0.1, 0.15) is 0 Å². The Balaban J connectivity index is 0.000000244. The van der Waals surface area contributed by atoms with Crippen molar-refractivity contribution in [2.45, 2.75) is 0 Å². The summed E-state index contributed by atoms with van der Waals surface area (Å²) in [6.07, 6.45) is 0. The predicted molar refractivity (Wildman–Crippen MR) is 59.6 cm³/mol. The number of hydrogen-bond acceptors (Lipinski definition) is 7. The van der Waals surface area contributed by atoms with Gasteiger partial charge >= 0.3 is 0 Å².